The van der Waals surface area contributed by atoms with Gasteiger partial charge >= 0.3 is 0 Å². The van der Waals surface area contributed by atoms with Crippen molar-refractivity contribution in [1.82, 2.24) is 4.57 Å². The molecule has 0 aliphatic rings. The fraction of sp³-hybridized carbons (Fsp3) is 0.0833. The minimum absolute atomic E-state index is 1.10. The molecule has 0 atom stereocenters. The number of aryl methyl sites for hydroxylation is 1. The standard InChI is InChI=1S/C24H21N/c1-5-18-11-13-21(15-19(18)6-2)25-17(4)16(3)24-22-10-8-7-9-20(22)12-14-23(24)25/h5-15H,1-2H2,3-4H3. The van der Waals surface area contributed by atoms with E-state index in [1.807, 2.05) is 12.2 Å². The van der Waals surface area contributed by atoms with Crippen LogP contribution in [-0.2, 0) is 0 Å². The van der Waals surface area contributed by atoms with Crippen molar-refractivity contribution in [2.45, 2.75) is 13.8 Å². The SMILES string of the molecule is C=Cc1ccc(-n2c(C)c(C)c3c4ccccc4ccc32)cc1C=C. The first-order chi connectivity index (χ1) is 12.2. The van der Waals surface area contributed by atoms with Crippen LogP contribution >= 0.6 is 0 Å². The van der Waals surface area contributed by atoms with Gasteiger partial charge in [-0.3, -0.25) is 0 Å². The van der Waals surface area contributed by atoms with E-state index in [2.05, 4.69) is 86.2 Å². The van der Waals surface area contributed by atoms with Gasteiger partial charge in [0.2, 0.25) is 0 Å². The second kappa shape index (κ2) is 5.78. The van der Waals surface area contributed by atoms with Crippen LogP contribution in [0.2, 0.25) is 0 Å². The van der Waals surface area contributed by atoms with Gasteiger partial charge in [-0.1, -0.05) is 61.7 Å². The van der Waals surface area contributed by atoms with Gasteiger partial charge in [0.1, 0.15) is 0 Å². The van der Waals surface area contributed by atoms with Crippen molar-refractivity contribution in [1.29, 1.82) is 0 Å². The van der Waals surface area contributed by atoms with Gasteiger partial charge in [0.25, 0.3) is 0 Å². The highest BCUT2D eigenvalue weighted by atomic mass is 15.0. The van der Waals surface area contributed by atoms with E-state index in [4.69, 9.17) is 0 Å². The highest BCUT2D eigenvalue weighted by Gasteiger charge is 2.15. The first-order valence-corrected chi connectivity index (χ1v) is 8.54. The van der Waals surface area contributed by atoms with Crippen LogP contribution in [0.1, 0.15) is 22.4 Å². The highest BCUT2D eigenvalue weighted by Crippen LogP contribution is 2.34. The van der Waals surface area contributed by atoms with Crippen LogP contribution in [0.5, 0.6) is 0 Å². The van der Waals surface area contributed by atoms with E-state index in [-0.39, 0.29) is 0 Å². The summed E-state index contributed by atoms with van der Waals surface area (Å²) in [6.07, 6.45) is 3.77. The van der Waals surface area contributed by atoms with Crippen molar-refractivity contribution in [2.75, 3.05) is 0 Å². The van der Waals surface area contributed by atoms with E-state index in [0.717, 1.165) is 16.8 Å². The Bertz CT molecular complexity index is 1140. The predicted octanol–water partition coefficient (Wildman–Crippen LogP) is 6.69. The highest BCUT2D eigenvalue weighted by molar-refractivity contribution is 6.09. The van der Waals surface area contributed by atoms with Gasteiger partial charge in [-0.15, -0.1) is 0 Å². The third-order valence-electron chi connectivity index (χ3n) is 5.17. The summed E-state index contributed by atoms with van der Waals surface area (Å²) in [7, 11) is 0. The minimum Gasteiger partial charge on any atom is -0.314 e. The van der Waals surface area contributed by atoms with Crippen molar-refractivity contribution < 1.29 is 0 Å². The lowest BCUT2D eigenvalue weighted by Gasteiger charge is -2.12. The molecule has 0 saturated heterocycles. The molecule has 0 amide bonds. The fourth-order valence-electron chi connectivity index (χ4n) is 3.77. The number of hydrogen-bond donors (Lipinski definition) is 0. The Morgan fingerprint density at radius 2 is 1.60 bits per heavy atom. The van der Waals surface area contributed by atoms with Crippen molar-refractivity contribution in [2.24, 2.45) is 0 Å². The van der Waals surface area contributed by atoms with E-state index in [1.165, 1.54) is 32.9 Å². The molecule has 4 rings (SSSR count). The van der Waals surface area contributed by atoms with Crippen LogP contribution in [0, 0.1) is 13.8 Å². The molecule has 1 aromatic heterocycles. The maximum Gasteiger partial charge on any atom is 0.0540 e. The zero-order valence-corrected chi connectivity index (χ0v) is 14.7. The molecular weight excluding hydrogens is 302 g/mol. The molecule has 0 spiro atoms. The third-order valence-corrected chi connectivity index (χ3v) is 5.17. The first-order valence-electron chi connectivity index (χ1n) is 8.54. The lowest BCUT2D eigenvalue weighted by atomic mass is 10.0. The summed E-state index contributed by atoms with van der Waals surface area (Å²) in [4.78, 5) is 0. The van der Waals surface area contributed by atoms with Gasteiger partial charge < -0.3 is 4.57 Å². The maximum atomic E-state index is 3.95. The zero-order valence-electron chi connectivity index (χ0n) is 14.7. The number of nitrogens with zero attached hydrogens (tertiary/aromatic N) is 1. The molecule has 1 heterocycles. The van der Waals surface area contributed by atoms with E-state index in [9.17, 15) is 0 Å². The van der Waals surface area contributed by atoms with Gasteiger partial charge in [-0.05, 0) is 59.5 Å². The zero-order chi connectivity index (χ0) is 17.6. The molecule has 0 bridgehead atoms. The van der Waals surface area contributed by atoms with Gasteiger partial charge in [-0.2, -0.15) is 0 Å². The molecular formula is C24H21N. The maximum absolute atomic E-state index is 3.95. The van der Waals surface area contributed by atoms with Crippen LogP contribution in [0.4, 0.5) is 0 Å². The molecule has 4 aromatic rings. The Morgan fingerprint density at radius 1 is 0.840 bits per heavy atom. The molecule has 0 radical (unpaired) electrons. The van der Waals surface area contributed by atoms with Crippen LogP contribution in [-0.4, -0.2) is 4.57 Å². The Balaban J connectivity index is 2.09. The summed E-state index contributed by atoms with van der Waals surface area (Å²) in [5, 5.41) is 3.93. The normalized spacial score (nSPS) is 11.1. The van der Waals surface area contributed by atoms with E-state index in [0.29, 0.717) is 0 Å². The second-order valence-corrected chi connectivity index (χ2v) is 6.45. The van der Waals surface area contributed by atoms with Crippen LogP contribution in [0.15, 0.2) is 67.8 Å². The fourth-order valence-corrected chi connectivity index (χ4v) is 3.77. The monoisotopic (exact) mass is 323 g/mol. The molecule has 0 aliphatic carbocycles. The average Bonchev–Trinajstić information content (AvgIpc) is 2.92. The molecule has 0 N–H and O–H groups in total. The lowest BCUT2D eigenvalue weighted by Crippen LogP contribution is -1.98. The summed E-state index contributed by atoms with van der Waals surface area (Å²) in [5.41, 5.74) is 7.22. The predicted molar refractivity (Wildman–Crippen MR) is 110 cm³/mol. The molecule has 1 heteroatoms. The first kappa shape index (κ1) is 15.5. The van der Waals surface area contributed by atoms with Gasteiger partial charge in [-0.25, -0.2) is 0 Å². The average molecular weight is 323 g/mol. The summed E-state index contributed by atoms with van der Waals surface area (Å²) >= 11 is 0. The van der Waals surface area contributed by atoms with E-state index >= 15 is 0 Å². The van der Waals surface area contributed by atoms with Crippen molar-refractivity contribution in [3.05, 3.63) is 90.1 Å². The molecule has 25 heavy (non-hydrogen) atoms. The summed E-state index contributed by atoms with van der Waals surface area (Å²) < 4.78 is 2.34. The molecule has 0 aliphatic heterocycles. The quantitative estimate of drug-likeness (QED) is 0.396. The minimum atomic E-state index is 1.10. The van der Waals surface area contributed by atoms with Gasteiger partial charge in [0.05, 0.1) is 5.52 Å². The van der Waals surface area contributed by atoms with Crippen LogP contribution in [0.25, 0.3) is 39.5 Å². The smallest absolute Gasteiger partial charge is 0.0540 e. The lowest BCUT2D eigenvalue weighted by molar-refractivity contribution is 1.04. The summed E-state index contributed by atoms with van der Waals surface area (Å²) in [5.74, 6) is 0. The molecule has 1 nitrogen and oxygen atoms in total. The number of fused-ring (bicyclic) bond motifs is 3. The Labute approximate surface area is 148 Å². The van der Waals surface area contributed by atoms with Crippen molar-refractivity contribution in [3.63, 3.8) is 0 Å². The van der Waals surface area contributed by atoms with Gasteiger partial charge in [0, 0.05) is 16.8 Å². The van der Waals surface area contributed by atoms with Crippen LogP contribution < -0.4 is 0 Å². The Morgan fingerprint density at radius 3 is 2.36 bits per heavy atom. The molecule has 3 aromatic carbocycles. The van der Waals surface area contributed by atoms with E-state index < -0.39 is 0 Å². The number of aromatic nitrogens is 1. The molecule has 0 saturated carbocycles. The Kier molecular flexibility index (Phi) is 3.58. The van der Waals surface area contributed by atoms with Gasteiger partial charge in [0.15, 0.2) is 0 Å². The summed E-state index contributed by atoms with van der Waals surface area (Å²) in [6, 6.07) is 19.5. The largest absolute Gasteiger partial charge is 0.314 e. The van der Waals surface area contributed by atoms with E-state index in [1.54, 1.807) is 0 Å². The molecule has 0 fully saturated rings. The second-order valence-electron chi connectivity index (χ2n) is 6.45. The number of hydrogen-bond acceptors (Lipinski definition) is 0. The Hall–Kier alpha value is -3.06. The van der Waals surface area contributed by atoms with Crippen LogP contribution in [0.3, 0.4) is 0 Å². The van der Waals surface area contributed by atoms with Crippen molar-refractivity contribution in [3.8, 4) is 5.69 Å². The molecule has 122 valence electrons. The number of benzene rings is 3. The van der Waals surface area contributed by atoms with Crippen molar-refractivity contribution >= 4 is 33.8 Å². The molecule has 0 unspecified atom stereocenters. The summed E-state index contributed by atoms with van der Waals surface area (Å²) in [6.45, 7) is 12.3. The topological polar surface area (TPSA) is 4.93 Å². The number of rotatable bonds is 3. The third kappa shape index (κ3) is 2.24.